The average Bonchev–Trinajstić information content (AvgIpc) is 2.03. The molecule has 0 radical (unpaired) electrons. The molecule has 0 nitrogen and oxygen atoms in total. The van der Waals surface area contributed by atoms with Gasteiger partial charge >= 0.3 is 0 Å². The summed E-state index contributed by atoms with van der Waals surface area (Å²) < 4.78 is 0. The van der Waals surface area contributed by atoms with Gasteiger partial charge in [0.1, 0.15) is 0 Å². The molecular formula is C12H20. The van der Waals surface area contributed by atoms with Crippen molar-refractivity contribution in [3.8, 4) is 0 Å². The largest absolute Gasteiger partial charge is 0.0854 e. The summed E-state index contributed by atoms with van der Waals surface area (Å²) in [5, 5.41) is 0. The Kier molecular flexibility index (Phi) is 3.58. The van der Waals surface area contributed by atoms with Crippen molar-refractivity contribution < 1.29 is 0 Å². The smallest absolute Gasteiger partial charge is 0.0199 e. The highest BCUT2D eigenvalue weighted by atomic mass is 14.2. The molecule has 12 heavy (non-hydrogen) atoms. The monoisotopic (exact) mass is 164 g/mol. The Bertz CT molecular complexity index is 182. The van der Waals surface area contributed by atoms with Crippen LogP contribution in [0.15, 0.2) is 23.8 Å². The number of hydrogen-bond acceptors (Lipinski definition) is 0. The van der Waals surface area contributed by atoms with Crippen molar-refractivity contribution in [2.75, 3.05) is 0 Å². The molecule has 1 rings (SSSR count). The van der Waals surface area contributed by atoms with E-state index in [0.717, 1.165) is 11.8 Å². The Morgan fingerprint density at radius 3 is 2.58 bits per heavy atom. The lowest BCUT2D eigenvalue weighted by Gasteiger charge is -2.18. The molecule has 1 aliphatic carbocycles. The van der Waals surface area contributed by atoms with E-state index < -0.39 is 0 Å². The quantitative estimate of drug-likeness (QED) is 0.542. The van der Waals surface area contributed by atoms with Crippen molar-refractivity contribution in [2.45, 2.75) is 40.0 Å². The molecule has 0 amide bonds. The molecule has 0 aromatic heterocycles. The molecule has 0 heteroatoms. The van der Waals surface area contributed by atoms with Gasteiger partial charge in [0.25, 0.3) is 0 Å². The van der Waals surface area contributed by atoms with Crippen LogP contribution in [-0.2, 0) is 0 Å². The predicted molar refractivity (Wildman–Crippen MR) is 55.1 cm³/mol. The molecule has 0 heterocycles. The van der Waals surface area contributed by atoms with Crippen LogP contribution in [0, 0.1) is 11.8 Å². The molecule has 0 N–H and O–H groups in total. The fourth-order valence-corrected chi connectivity index (χ4v) is 1.60. The van der Waals surface area contributed by atoms with Crippen molar-refractivity contribution in [1.29, 1.82) is 0 Å². The van der Waals surface area contributed by atoms with Crippen molar-refractivity contribution in [3.63, 3.8) is 0 Å². The molecule has 0 bridgehead atoms. The van der Waals surface area contributed by atoms with Gasteiger partial charge in [-0.05, 0) is 44.9 Å². The van der Waals surface area contributed by atoms with Crippen LogP contribution < -0.4 is 0 Å². The van der Waals surface area contributed by atoms with Crippen molar-refractivity contribution >= 4 is 0 Å². The summed E-state index contributed by atoms with van der Waals surface area (Å²) in [6, 6.07) is 0. The van der Waals surface area contributed by atoms with E-state index in [1.54, 1.807) is 0 Å². The van der Waals surface area contributed by atoms with Gasteiger partial charge in [0.15, 0.2) is 0 Å². The zero-order chi connectivity index (χ0) is 8.97. The average molecular weight is 164 g/mol. The molecule has 0 aromatic rings. The van der Waals surface area contributed by atoms with Gasteiger partial charge in [-0.15, -0.1) is 0 Å². The molecule has 0 saturated carbocycles. The molecule has 0 aromatic carbocycles. The number of rotatable bonds is 2. The summed E-state index contributed by atoms with van der Waals surface area (Å²) in [7, 11) is 0. The third kappa shape index (κ3) is 3.25. The third-order valence-electron chi connectivity index (χ3n) is 2.53. The summed E-state index contributed by atoms with van der Waals surface area (Å²) in [4.78, 5) is 0. The van der Waals surface area contributed by atoms with Crippen LogP contribution in [0.3, 0.4) is 0 Å². The van der Waals surface area contributed by atoms with Gasteiger partial charge in [0, 0.05) is 0 Å². The Hall–Kier alpha value is -0.520. The van der Waals surface area contributed by atoms with Gasteiger partial charge in [-0.25, -0.2) is 0 Å². The minimum atomic E-state index is 0.813. The van der Waals surface area contributed by atoms with E-state index in [4.69, 9.17) is 0 Å². The zero-order valence-electron chi connectivity index (χ0n) is 8.51. The second-order valence-electron chi connectivity index (χ2n) is 4.22. The first-order valence-electron chi connectivity index (χ1n) is 5.00. The fraction of sp³-hybridized carbons (Fsp3) is 0.667. The summed E-state index contributed by atoms with van der Waals surface area (Å²) in [6.45, 7) is 6.65. The van der Waals surface area contributed by atoms with Crippen LogP contribution in [-0.4, -0.2) is 0 Å². The first-order chi connectivity index (χ1) is 5.68. The lowest BCUT2D eigenvalue weighted by molar-refractivity contribution is 0.479. The van der Waals surface area contributed by atoms with Crippen molar-refractivity contribution in [2.24, 2.45) is 11.8 Å². The molecule has 0 aliphatic heterocycles. The van der Waals surface area contributed by atoms with E-state index in [-0.39, 0.29) is 0 Å². The van der Waals surface area contributed by atoms with Gasteiger partial charge in [-0.2, -0.15) is 0 Å². The zero-order valence-corrected chi connectivity index (χ0v) is 8.51. The second kappa shape index (κ2) is 4.49. The standard InChI is InChI=1S/C12H20/c1-10(2)4-7-12-8-5-11(3)6-9-12/h4-5,8,11-12H,6-7,9H2,1-3H3. The minimum absolute atomic E-state index is 0.813. The maximum atomic E-state index is 2.40. The van der Waals surface area contributed by atoms with Crippen molar-refractivity contribution in [1.82, 2.24) is 0 Å². The lowest BCUT2D eigenvalue weighted by Crippen LogP contribution is -2.05. The second-order valence-corrected chi connectivity index (χ2v) is 4.22. The third-order valence-corrected chi connectivity index (χ3v) is 2.53. The van der Waals surface area contributed by atoms with Gasteiger partial charge < -0.3 is 0 Å². The SMILES string of the molecule is CC(C)=CCC1C=CC(C)CC1. The number of allylic oxidation sites excluding steroid dienone is 4. The topological polar surface area (TPSA) is 0 Å². The predicted octanol–water partition coefficient (Wildman–Crippen LogP) is 3.95. The minimum Gasteiger partial charge on any atom is -0.0854 e. The Morgan fingerprint density at radius 1 is 1.33 bits per heavy atom. The molecular weight excluding hydrogens is 144 g/mol. The molecule has 0 saturated heterocycles. The Morgan fingerprint density at radius 2 is 2.08 bits per heavy atom. The van der Waals surface area contributed by atoms with Crippen molar-refractivity contribution in [3.05, 3.63) is 23.8 Å². The van der Waals surface area contributed by atoms with E-state index in [0.29, 0.717) is 0 Å². The van der Waals surface area contributed by atoms with E-state index in [1.807, 2.05) is 0 Å². The summed E-state index contributed by atoms with van der Waals surface area (Å²) in [5.41, 5.74) is 1.45. The van der Waals surface area contributed by atoms with Gasteiger partial charge in [0.05, 0.1) is 0 Å². The van der Waals surface area contributed by atoms with E-state index in [9.17, 15) is 0 Å². The van der Waals surface area contributed by atoms with Gasteiger partial charge in [-0.3, -0.25) is 0 Å². The maximum Gasteiger partial charge on any atom is -0.0199 e. The van der Waals surface area contributed by atoms with Crippen LogP contribution >= 0.6 is 0 Å². The van der Waals surface area contributed by atoms with E-state index in [2.05, 4.69) is 39.0 Å². The fourth-order valence-electron chi connectivity index (χ4n) is 1.60. The maximum absolute atomic E-state index is 2.40. The highest BCUT2D eigenvalue weighted by Crippen LogP contribution is 2.24. The highest BCUT2D eigenvalue weighted by Gasteiger charge is 2.10. The van der Waals surface area contributed by atoms with Crippen LogP contribution in [0.1, 0.15) is 40.0 Å². The summed E-state index contributed by atoms with van der Waals surface area (Å²) in [6.07, 6.45) is 11.1. The molecule has 1 aliphatic rings. The Labute approximate surface area is 76.4 Å². The summed E-state index contributed by atoms with van der Waals surface area (Å²) in [5.74, 6) is 1.63. The summed E-state index contributed by atoms with van der Waals surface area (Å²) >= 11 is 0. The Balaban J connectivity index is 2.35. The first kappa shape index (κ1) is 9.57. The molecule has 68 valence electrons. The van der Waals surface area contributed by atoms with Crippen LogP contribution in [0.4, 0.5) is 0 Å². The molecule has 0 fully saturated rings. The van der Waals surface area contributed by atoms with Crippen LogP contribution in [0.25, 0.3) is 0 Å². The molecule has 2 unspecified atom stereocenters. The normalized spacial score (nSPS) is 28.6. The van der Waals surface area contributed by atoms with Crippen LogP contribution in [0.5, 0.6) is 0 Å². The van der Waals surface area contributed by atoms with Crippen LogP contribution in [0.2, 0.25) is 0 Å². The first-order valence-corrected chi connectivity index (χ1v) is 5.00. The lowest BCUT2D eigenvalue weighted by atomic mass is 9.87. The molecule has 0 spiro atoms. The molecule has 2 atom stereocenters. The van der Waals surface area contributed by atoms with E-state index in [1.165, 1.54) is 24.8 Å². The van der Waals surface area contributed by atoms with E-state index >= 15 is 0 Å². The number of hydrogen-bond donors (Lipinski definition) is 0. The van der Waals surface area contributed by atoms with Gasteiger partial charge in [-0.1, -0.05) is 30.7 Å². The highest BCUT2D eigenvalue weighted by molar-refractivity contribution is 5.02. The van der Waals surface area contributed by atoms with Gasteiger partial charge in [0.2, 0.25) is 0 Å².